The lowest BCUT2D eigenvalue weighted by Gasteiger charge is -2.29. The topological polar surface area (TPSA) is 104 Å². The summed E-state index contributed by atoms with van der Waals surface area (Å²) in [7, 11) is 3.24. The molecule has 5 rings (SSSR count). The second-order valence-corrected chi connectivity index (χ2v) is 9.99. The number of hydrogen-bond acceptors (Lipinski definition) is 8. The van der Waals surface area contributed by atoms with Gasteiger partial charge in [0.15, 0.2) is 19.5 Å². The number of esters is 1. The molecule has 216 valence electrons. The van der Waals surface area contributed by atoms with E-state index in [1.54, 1.807) is 38.5 Å². The van der Waals surface area contributed by atoms with Crippen LogP contribution in [0.15, 0.2) is 83.5 Å². The minimum atomic E-state index is -0.727. The largest absolute Gasteiger partial charge is 0.497 e. The molecule has 0 bridgehead atoms. The third-order valence-corrected chi connectivity index (χ3v) is 7.42. The molecule has 1 fully saturated rings. The van der Waals surface area contributed by atoms with Gasteiger partial charge in [-0.3, -0.25) is 9.59 Å². The standard InChI is InChI=1S/C33H32N2O7/c1-39-26-14-10-22(11-15-26)18-24-7-5-8-28-32(24)34-35(33(28)23-12-16-27(40-2)17-13-23)30(37)20-42-31(38)21-41-29-9-4-3-6-25(29)19-36/h3-4,6,9-19,28,33H,5,7-8,20-21H2,1-2H3. The van der Waals surface area contributed by atoms with E-state index in [0.717, 1.165) is 47.4 Å². The number of benzene rings is 3. The Morgan fingerprint density at radius 2 is 1.62 bits per heavy atom. The van der Waals surface area contributed by atoms with Crippen LogP contribution in [0.3, 0.4) is 0 Å². The maximum Gasteiger partial charge on any atom is 0.344 e. The monoisotopic (exact) mass is 568 g/mol. The highest BCUT2D eigenvalue weighted by atomic mass is 16.6. The Labute approximate surface area is 244 Å². The van der Waals surface area contributed by atoms with Gasteiger partial charge in [-0.1, -0.05) is 36.4 Å². The average Bonchev–Trinajstić information content (AvgIpc) is 3.44. The van der Waals surface area contributed by atoms with Gasteiger partial charge < -0.3 is 18.9 Å². The molecule has 1 heterocycles. The summed E-state index contributed by atoms with van der Waals surface area (Å²) in [5.74, 6) is 0.573. The molecule has 2 atom stereocenters. The van der Waals surface area contributed by atoms with Crippen molar-refractivity contribution in [2.45, 2.75) is 25.3 Å². The van der Waals surface area contributed by atoms with E-state index in [-0.39, 0.29) is 17.7 Å². The highest BCUT2D eigenvalue weighted by molar-refractivity contribution is 6.08. The van der Waals surface area contributed by atoms with Crippen molar-refractivity contribution in [1.82, 2.24) is 5.01 Å². The summed E-state index contributed by atoms with van der Waals surface area (Å²) in [4.78, 5) is 37.1. The summed E-state index contributed by atoms with van der Waals surface area (Å²) < 4.78 is 21.3. The van der Waals surface area contributed by atoms with Crippen LogP contribution in [0, 0.1) is 5.92 Å². The number of hydrogen-bond donors (Lipinski definition) is 0. The molecular weight excluding hydrogens is 536 g/mol. The van der Waals surface area contributed by atoms with E-state index in [9.17, 15) is 14.4 Å². The lowest BCUT2D eigenvalue weighted by Crippen LogP contribution is -2.35. The van der Waals surface area contributed by atoms with Gasteiger partial charge in [0, 0.05) is 5.92 Å². The molecule has 1 aliphatic carbocycles. The molecule has 9 heteroatoms. The molecule has 0 spiro atoms. The van der Waals surface area contributed by atoms with Crippen LogP contribution in [0.2, 0.25) is 0 Å². The van der Waals surface area contributed by atoms with E-state index in [1.165, 1.54) is 5.01 Å². The minimum Gasteiger partial charge on any atom is -0.497 e. The van der Waals surface area contributed by atoms with Gasteiger partial charge in [-0.2, -0.15) is 5.10 Å². The van der Waals surface area contributed by atoms with Gasteiger partial charge in [0.2, 0.25) is 0 Å². The lowest BCUT2D eigenvalue weighted by molar-refractivity contribution is -0.154. The number of hydrazone groups is 1. The zero-order chi connectivity index (χ0) is 29.5. The molecule has 0 saturated heterocycles. The first-order valence-corrected chi connectivity index (χ1v) is 13.7. The van der Waals surface area contributed by atoms with Crippen LogP contribution in [0.4, 0.5) is 0 Å². The second kappa shape index (κ2) is 13.2. The van der Waals surface area contributed by atoms with E-state index in [4.69, 9.17) is 24.0 Å². The number of carbonyl (C=O) groups excluding carboxylic acids is 3. The number of carbonyl (C=O) groups is 3. The number of methoxy groups -OCH3 is 2. The fourth-order valence-electron chi connectivity index (χ4n) is 5.34. The molecule has 1 aliphatic heterocycles. The quantitative estimate of drug-likeness (QED) is 0.243. The molecule has 0 aromatic heterocycles. The number of aldehydes is 1. The number of para-hydroxylation sites is 1. The Kier molecular flexibility index (Phi) is 8.96. The summed E-state index contributed by atoms with van der Waals surface area (Å²) in [5.41, 5.74) is 4.19. The molecule has 2 unspecified atom stereocenters. The molecular formula is C33H32N2O7. The van der Waals surface area contributed by atoms with Gasteiger partial charge in [-0.05, 0) is 78.4 Å². The minimum absolute atomic E-state index is 0.0144. The molecule has 3 aromatic carbocycles. The van der Waals surface area contributed by atoms with E-state index in [1.807, 2.05) is 48.5 Å². The van der Waals surface area contributed by atoms with Gasteiger partial charge >= 0.3 is 5.97 Å². The summed E-state index contributed by atoms with van der Waals surface area (Å²) in [6, 6.07) is 21.6. The highest BCUT2D eigenvalue weighted by Crippen LogP contribution is 2.44. The maximum absolute atomic E-state index is 13.5. The third-order valence-electron chi connectivity index (χ3n) is 7.42. The predicted molar refractivity (Wildman–Crippen MR) is 157 cm³/mol. The van der Waals surface area contributed by atoms with Crippen LogP contribution < -0.4 is 14.2 Å². The van der Waals surface area contributed by atoms with E-state index < -0.39 is 25.1 Å². The number of ether oxygens (including phenoxy) is 4. The summed E-state index contributed by atoms with van der Waals surface area (Å²) in [6.07, 6.45) is 5.41. The second-order valence-electron chi connectivity index (χ2n) is 9.99. The fourth-order valence-corrected chi connectivity index (χ4v) is 5.34. The zero-order valence-corrected chi connectivity index (χ0v) is 23.5. The van der Waals surface area contributed by atoms with Gasteiger partial charge in [0.1, 0.15) is 17.2 Å². The predicted octanol–water partition coefficient (Wildman–Crippen LogP) is 5.26. The lowest BCUT2D eigenvalue weighted by atomic mass is 9.77. The van der Waals surface area contributed by atoms with E-state index in [0.29, 0.717) is 17.6 Å². The van der Waals surface area contributed by atoms with Crippen LogP contribution in [0.1, 0.15) is 46.8 Å². The van der Waals surface area contributed by atoms with Crippen molar-refractivity contribution in [3.63, 3.8) is 0 Å². The van der Waals surface area contributed by atoms with Crippen LogP contribution in [-0.2, 0) is 14.3 Å². The Morgan fingerprint density at radius 3 is 2.31 bits per heavy atom. The van der Waals surface area contributed by atoms with Crippen LogP contribution in [-0.4, -0.2) is 56.3 Å². The Balaban J connectivity index is 1.35. The summed E-state index contributed by atoms with van der Waals surface area (Å²) in [5, 5.41) is 6.28. The van der Waals surface area contributed by atoms with Crippen molar-refractivity contribution in [2.75, 3.05) is 27.4 Å². The molecule has 42 heavy (non-hydrogen) atoms. The van der Waals surface area contributed by atoms with Crippen LogP contribution in [0.25, 0.3) is 6.08 Å². The first-order chi connectivity index (χ1) is 20.5. The fraction of sp³-hybridized carbons (Fsp3) is 0.273. The van der Waals surface area contributed by atoms with Crippen molar-refractivity contribution in [3.8, 4) is 17.2 Å². The van der Waals surface area contributed by atoms with E-state index >= 15 is 0 Å². The number of fused-ring (bicyclic) bond motifs is 1. The number of amides is 1. The first-order valence-electron chi connectivity index (χ1n) is 13.7. The van der Waals surface area contributed by atoms with Gasteiger partial charge in [0.25, 0.3) is 5.91 Å². The van der Waals surface area contributed by atoms with Gasteiger partial charge in [0.05, 0.1) is 31.5 Å². The normalized spacial score (nSPS) is 18.6. The first kappa shape index (κ1) is 28.6. The highest BCUT2D eigenvalue weighted by Gasteiger charge is 2.43. The summed E-state index contributed by atoms with van der Waals surface area (Å²) >= 11 is 0. The Bertz CT molecular complexity index is 1500. The Hall–Kier alpha value is -4.92. The molecule has 0 N–H and O–H groups in total. The molecule has 0 radical (unpaired) electrons. The molecule has 3 aromatic rings. The average molecular weight is 569 g/mol. The van der Waals surface area contributed by atoms with Crippen molar-refractivity contribution in [2.24, 2.45) is 11.0 Å². The number of nitrogens with zero attached hydrogens (tertiary/aromatic N) is 2. The number of allylic oxidation sites excluding steroid dienone is 1. The molecule has 2 aliphatic rings. The molecule has 1 amide bonds. The van der Waals surface area contributed by atoms with E-state index in [2.05, 4.69) is 6.08 Å². The van der Waals surface area contributed by atoms with Crippen molar-refractivity contribution in [1.29, 1.82) is 0 Å². The third kappa shape index (κ3) is 6.35. The molecule has 1 saturated carbocycles. The van der Waals surface area contributed by atoms with Gasteiger partial charge in [-0.15, -0.1) is 0 Å². The zero-order valence-electron chi connectivity index (χ0n) is 23.5. The Morgan fingerprint density at radius 1 is 0.929 bits per heavy atom. The maximum atomic E-state index is 13.5. The summed E-state index contributed by atoms with van der Waals surface area (Å²) in [6.45, 7) is -0.933. The van der Waals surface area contributed by atoms with Crippen LogP contribution >= 0.6 is 0 Å². The van der Waals surface area contributed by atoms with Crippen molar-refractivity contribution in [3.05, 3.63) is 95.1 Å². The smallest absolute Gasteiger partial charge is 0.344 e. The van der Waals surface area contributed by atoms with Crippen molar-refractivity contribution < 1.29 is 33.3 Å². The van der Waals surface area contributed by atoms with Gasteiger partial charge in [-0.25, -0.2) is 9.80 Å². The molecule has 9 nitrogen and oxygen atoms in total. The number of rotatable bonds is 10. The van der Waals surface area contributed by atoms with Crippen LogP contribution in [0.5, 0.6) is 17.2 Å². The SMILES string of the molecule is COc1ccc(C=C2CCCC3C2=NN(C(=O)COC(=O)COc2ccccc2C=O)C3c2ccc(OC)cc2)cc1. The van der Waals surface area contributed by atoms with Crippen molar-refractivity contribution >= 4 is 30.0 Å².